The van der Waals surface area contributed by atoms with Crippen LogP contribution in [0, 0.1) is 52.3 Å². The summed E-state index contributed by atoms with van der Waals surface area (Å²) in [5, 5.41) is 0. The monoisotopic (exact) mass is 653 g/mol. The molecule has 2 heteroatoms. The zero-order valence-corrected chi connectivity index (χ0v) is 32.5. The number of unbranched alkanes of at least 4 members (excludes halogenated alkanes) is 11. The molecular formula is C45H80O2. The largest absolute Gasteiger partial charge is 0.462 e. The van der Waals surface area contributed by atoms with Crippen LogP contribution in [-0.2, 0) is 9.53 Å². The molecule has 272 valence electrons. The first-order valence-electron chi connectivity index (χ1n) is 21.5. The van der Waals surface area contributed by atoms with Crippen molar-refractivity contribution in [2.45, 2.75) is 215 Å². The fourth-order valence-electron chi connectivity index (χ4n) is 11.9. The average Bonchev–Trinajstić information content (AvgIpc) is 3.40. The van der Waals surface area contributed by atoms with Crippen molar-refractivity contribution in [2.75, 3.05) is 0 Å². The number of hydrogen-bond donors (Lipinski definition) is 0. The zero-order valence-electron chi connectivity index (χ0n) is 32.5. The van der Waals surface area contributed by atoms with Crippen molar-refractivity contribution in [3.8, 4) is 0 Å². The van der Waals surface area contributed by atoms with Crippen molar-refractivity contribution < 1.29 is 9.53 Å². The van der Waals surface area contributed by atoms with Gasteiger partial charge in [0.1, 0.15) is 6.10 Å². The highest BCUT2D eigenvalue weighted by molar-refractivity contribution is 5.69. The van der Waals surface area contributed by atoms with E-state index in [1.165, 1.54) is 141 Å². The summed E-state index contributed by atoms with van der Waals surface area (Å²) in [6.45, 7) is 15.0. The quantitative estimate of drug-likeness (QED) is 0.0700. The van der Waals surface area contributed by atoms with Crippen LogP contribution in [0.2, 0.25) is 0 Å². The minimum atomic E-state index is 0.0814. The number of fused-ring (bicyclic) bond motifs is 5. The molecule has 47 heavy (non-hydrogen) atoms. The summed E-state index contributed by atoms with van der Waals surface area (Å²) in [4.78, 5) is 12.8. The molecule has 9 atom stereocenters. The summed E-state index contributed by atoms with van der Waals surface area (Å²) in [6, 6.07) is 0. The number of allylic oxidation sites excluding steroid dienone is 2. The molecule has 4 aliphatic carbocycles. The Morgan fingerprint density at radius 3 is 2.04 bits per heavy atom. The van der Waals surface area contributed by atoms with Gasteiger partial charge in [0.2, 0.25) is 0 Å². The van der Waals surface area contributed by atoms with E-state index in [9.17, 15) is 4.79 Å². The maximum Gasteiger partial charge on any atom is 0.306 e. The summed E-state index contributed by atoms with van der Waals surface area (Å²) in [6.07, 6.45) is 38.9. The molecule has 0 amide bonds. The van der Waals surface area contributed by atoms with Gasteiger partial charge >= 0.3 is 5.97 Å². The Hall–Kier alpha value is -0.790. The standard InChI is InChI=1S/C45H80O2/c1-7-8-9-10-11-12-13-14-15-16-17-18-19-20-21-25-43(46)47-38-30-32-44(5)37(34-38)26-27-39-41-29-28-40(36(4)24-22-23-35(2)3)45(41,6)33-31-42(39)44/h14-15,35-42H,7-13,16-34H2,1-6H3/b15-14-/t36-,37?,38+,39+,40-,41+,42+,44+,45-/m1/s1. The van der Waals surface area contributed by atoms with E-state index >= 15 is 0 Å². The number of ether oxygens (including phenoxy) is 1. The molecule has 0 N–H and O–H groups in total. The van der Waals surface area contributed by atoms with Crippen molar-refractivity contribution in [2.24, 2.45) is 52.3 Å². The number of carbonyl (C=O) groups excluding carboxylic acids is 1. The minimum absolute atomic E-state index is 0.0814. The van der Waals surface area contributed by atoms with E-state index in [0.29, 0.717) is 17.3 Å². The Labute approximate surface area is 293 Å². The highest BCUT2D eigenvalue weighted by Crippen LogP contribution is 2.68. The lowest BCUT2D eigenvalue weighted by molar-refractivity contribution is -0.162. The third-order valence-electron chi connectivity index (χ3n) is 14.8. The van der Waals surface area contributed by atoms with Crippen molar-refractivity contribution in [3.63, 3.8) is 0 Å². The topological polar surface area (TPSA) is 26.3 Å². The SMILES string of the molecule is CCCCCCCC/C=C\CCCCCCCC(=O)O[C@H]1CC[C@@]2(C)C(CC[C@H]3[C@@H]4CC[C@H]([C@H](C)CCCC(C)C)[C@@]4(C)CC[C@@H]32)C1. The van der Waals surface area contributed by atoms with Crippen LogP contribution >= 0.6 is 0 Å². The van der Waals surface area contributed by atoms with Gasteiger partial charge in [0.25, 0.3) is 0 Å². The van der Waals surface area contributed by atoms with Crippen LogP contribution < -0.4 is 0 Å². The highest BCUT2D eigenvalue weighted by Gasteiger charge is 2.60. The molecular weight excluding hydrogens is 572 g/mol. The Balaban J connectivity index is 1.10. The van der Waals surface area contributed by atoms with Gasteiger partial charge < -0.3 is 4.74 Å². The van der Waals surface area contributed by atoms with Crippen LogP contribution in [-0.4, -0.2) is 12.1 Å². The van der Waals surface area contributed by atoms with Crippen molar-refractivity contribution in [1.29, 1.82) is 0 Å². The molecule has 0 heterocycles. The predicted octanol–water partition coefficient (Wildman–Crippen LogP) is 14.1. The van der Waals surface area contributed by atoms with E-state index in [2.05, 4.69) is 53.7 Å². The Kier molecular flexibility index (Phi) is 16.2. The molecule has 0 aliphatic heterocycles. The summed E-state index contributed by atoms with van der Waals surface area (Å²) in [7, 11) is 0. The molecule has 4 rings (SSSR count). The second-order valence-corrected chi connectivity index (χ2v) is 18.4. The van der Waals surface area contributed by atoms with Crippen LogP contribution in [0.4, 0.5) is 0 Å². The van der Waals surface area contributed by atoms with Gasteiger partial charge in [0, 0.05) is 6.42 Å². The van der Waals surface area contributed by atoms with Gasteiger partial charge in [-0.05, 0) is 142 Å². The molecule has 0 bridgehead atoms. The number of rotatable bonds is 21. The molecule has 2 nitrogen and oxygen atoms in total. The van der Waals surface area contributed by atoms with Gasteiger partial charge in [0.05, 0.1) is 0 Å². The molecule has 0 saturated heterocycles. The van der Waals surface area contributed by atoms with Gasteiger partial charge in [-0.2, -0.15) is 0 Å². The molecule has 4 aliphatic rings. The van der Waals surface area contributed by atoms with E-state index in [1.54, 1.807) is 0 Å². The highest BCUT2D eigenvalue weighted by atomic mass is 16.5. The van der Waals surface area contributed by atoms with Gasteiger partial charge in [-0.25, -0.2) is 0 Å². The lowest BCUT2D eigenvalue weighted by Gasteiger charge is -2.61. The van der Waals surface area contributed by atoms with Gasteiger partial charge in [-0.15, -0.1) is 0 Å². The lowest BCUT2D eigenvalue weighted by Crippen LogP contribution is -2.54. The van der Waals surface area contributed by atoms with Crippen LogP contribution in [0.5, 0.6) is 0 Å². The van der Waals surface area contributed by atoms with Crippen molar-refractivity contribution in [1.82, 2.24) is 0 Å². The van der Waals surface area contributed by atoms with Gasteiger partial charge in [-0.1, -0.05) is 124 Å². The van der Waals surface area contributed by atoms with E-state index in [4.69, 9.17) is 4.74 Å². The van der Waals surface area contributed by atoms with Crippen LogP contribution in [0.3, 0.4) is 0 Å². The summed E-state index contributed by atoms with van der Waals surface area (Å²) in [5.41, 5.74) is 1.05. The Morgan fingerprint density at radius 1 is 0.702 bits per heavy atom. The smallest absolute Gasteiger partial charge is 0.306 e. The molecule has 4 saturated carbocycles. The molecule has 0 aromatic rings. The molecule has 0 radical (unpaired) electrons. The zero-order chi connectivity index (χ0) is 33.7. The van der Waals surface area contributed by atoms with Crippen molar-refractivity contribution in [3.05, 3.63) is 12.2 Å². The molecule has 0 aromatic carbocycles. The third-order valence-corrected chi connectivity index (χ3v) is 14.8. The number of esters is 1. The summed E-state index contributed by atoms with van der Waals surface area (Å²) < 4.78 is 6.17. The average molecular weight is 653 g/mol. The van der Waals surface area contributed by atoms with E-state index in [1.807, 2.05) is 0 Å². The Morgan fingerprint density at radius 2 is 1.34 bits per heavy atom. The maximum atomic E-state index is 12.8. The van der Waals surface area contributed by atoms with Crippen LogP contribution in [0.1, 0.15) is 208 Å². The first-order valence-corrected chi connectivity index (χ1v) is 21.5. The van der Waals surface area contributed by atoms with Crippen LogP contribution in [0.15, 0.2) is 12.2 Å². The fourth-order valence-corrected chi connectivity index (χ4v) is 11.9. The van der Waals surface area contributed by atoms with Crippen LogP contribution in [0.25, 0.3) is 0 Å². The summed E-state index contributed by atoms with van der Waals surface area (Å²) in [5.74, 6) is 6.33. The first-order chi connectivity index (χ1) is 22.7. The first kappa shape index (κ1) is 39.0. The van der Waals surface area contributed by atoms with Crippen molar-refractivity contribution >= 4 is 5.97 Å². The molecule has 1 unspecified atom stereocenters. The molecule has 4 fully saturated rings. The second kappa shape index (κ2) is 19.6. The Bertz CT molecular complexity index is 921. The predicted molar refractivity (Wildman–Crippen MR) is 202 cm³/mol. The van der Waals surface area contributed by atoms with E-state index < -0.39 is 0 Å². The van der Waals surface area contributed by atoms with Gasteiger partial charge in [-0.3, -0.25) is 4.79 Å². The van der Waals surface area contributed by atoms with Gasteiger partial charge in [0.15, 0.2) is 0 Å². The van der Waals surface area contributed by atoms with E-state index in [-0.39, 0.29) is 12.1 Å². The fraction of sp³-hybridized carbons (Fsp3) is 0.933. The summed E-state index contributed by atoms with van der Waals surface area (Å²) >= 11 is 0. The number of carbonyl (C=O) groups is 1. The number of hydrogen-bond acceptors (Lipinski definition) is 2. The minimum Gasteiger partial charge on any atom is -0.462 e. The second-order valence-electron chi connectivity index (χ2n) is 18.4. The maximum absolute atomic E-state index is 12.8. The normalized spacial score (nSPS) is 34.3. The van der Waals surface area contributed by atoms with E-state index in [0.717, 1.165) is 60.7 Å². The molecule has 0 aromatic heterocycles. The third kappa shape index (κ3) is 10.8. The molecule has 0 spiro atoms. The lowest BCUT2D eigenvalue weighted by atomic mass is 9.44.